The summed E-state index contributed by atoms with van der Waals surface area (Å²) in [7, 11) is 0. The molecule has 0 aromatic rings. The van der Waals surface area contributed by atoms with E-state index in [1.54, 1.807) is 13.0 Å². The number of aliphatic carboxylic acids is 1. The van der Waals surface area contributed by atoms with Crippen molar-refractivity contribution in [2.24, 2.45) is 0 Å². The second kappa shape index (κ2) is 7.59. The summed E-state index contributed by atoms with van der Waals surface area (Å²) >= 11 is 0. The standard InChI is InChI=1S/C11H18O2/c1-3-4-5-6-7-8-9-10(2)11(12)13/h7-9H,3-6H2,1-2H3,(H,12,13)/b8-7-,10-9+. The van der Waals surface area contributed by atoms with Crippen LogP contribution in [-0.2, 0) is 4.79 Å². The van der Waals surface area contributed by atoms with Gasteiger partial charge in [0.1, 0.15) is 0 Å². The summed E-state index contributed by atoms with van der Waals surface area (Å²) in [5.41, 5.74) is 0.381. The van der Waals surface area contributed by atoms with Crippen molar-refractivity contribution in [3.63, 3.8) is 0 Å². The van der Waals surface area contributed by atoms with Crippen LogP contribution in [0, 0.1) is 0 Å². The molecule has 0 bridgehead atoms. The second-order valence-electron chi connectivity index (χ2n) is 3.08. The molecule has 0 amide bonds. The third kappa shape index (κ3) is 7.32. The SMILES string of the molecule is CCCCC/C=C\C=C(/C)C(=O)O. The maximum atomic E-state index is 10.4. The molecule has 0 aromatic heterocycles. The number of carbonyl (C=O) groups is 1. The molecule has 2 heteroatoms. The van der Waals surface area contributed by atoms with Crippen molar-refractivity contribution in [1.29, 1.82) is 0 Å². The Morgan fingerprint density at radius 1 is 1.38 bits per heavy atom. The van der Waals surface area contributed by atoms with E-state index in [4.69, 9.17) is 5.11 Å². The lowest BCUT2D eigenvalue weighted by molar-refractivity contribution is -0.132. The van der Waals surface area contributed by atoms with Crippen molar-refractivity contribution in [3.05, 3.63) is 23.8 Å². The van der Waals surface area contributed by atoms with Gasteiger partial charge in [-0.2, -0.15) is 0 Å². The van der Waals surface area contributed by atoms with Gasteiger partial charge in [-0.1, -0.05) is 38.0 Å². The van der Waals surface area contributed by atoms with E-state index in [9.17, 15) is 4.79 Å². The van der Waals surface area contributed by atoms with Gasteiger partial charge in [0.25, 0.3) is 0 Å². The number of carboxylic acid groups (broad SMARTS) is 1. The van der Waals surface area contributed by atoms with Crippen molar-refractivity contribution in [3.8, 4) is 0 Å². The molecule has 74 valence electrons. The van der Waals surface area contributed by atoms with Gasteiger partial charge in [-0.3, -0.25) is 0 Å². The number of carboxylic acids is 1. The molecular weight excluding hydrogens is 164 g/mol. The molecule has 0 saturated heterocycles. The molecule has 0 saturated carbocycles. The number of hydrogen-bond donors (Lipinski definition) is 1. The van der Waals surface area contributed by atoms with Crippen molar-refractivity contribution in [1.82, 2.24) is 0 Å². The molecule has 13 heavy (non-hydrogen) atoms. The topological polar surface area (TPSA) is 37.3 Å². The Hall–Kier alpha value is -1.05. The van der Waals surface area contributed by atoms with E-state index in [0.717, 1.165) is 6.42 Å². The molecule has 0 spiro atoms. The summed E-state index contributed by atoms with van der Waals surface area (Å²) < 4.78 is 0. The van der Waals surface area contributed by atoms with Crippen molar-refractivity contribution >= 4 is 5.97 Å². The highest BCUT2D eigenvalue weighted by Crippen LogP contribution is 2.00. The molecular formula is C11H18O2. The number of allylic oxidation sites excluding steroid dienone is 3. The predicted octanol–water partition coefficient (Wildman–Crippen LogP) is 3.15. The number of unbranched alkanes of at least 4 members (excludes halogenated alkanes) is 3. The van der Waals surface area contributed by atoms with Gasteiger partial charge >= 0.3 is 5.97 Å². The quantitative estimate of drug-likeness (QED) is 0.389. The minimum absolute atomic E-state index is 0.381. The van der Waals surface area contributed by atoms with Crippen molar-refractivity contribution in [2.75, 3.05) is 0 Å². The zero-order valence-electron chi connectivity index (χ0n) is 8.42. The Labute approximate surface area is 80.0 Å². The zero-order chi connectivity index (χ0) is 10.1. The summed E-state index contributed by atoms with van der Waals surface area (Å²) in [5.74, 6) is -0.849. The minimum Gasteiger partial charge on any atom is -0.478 e. The van der Waals surface area contributed by atoms with Crippen LogP contribution < -0.4 is 0 Å². The van der Waals surface area contributed by atoms with E-state index in [0.29, 0.717) is 5.57 Å². The van der Waals surface area contributed by atoms with Crippen LogP contribution in [0.4, 0.5) is 0 Å². The third-order valence-electron chi connectivity index (χ3n) is 1.79. The summed E-state index contributed by atoms with van der Waals surface area (Å²) in [4.78, 5) is 10.4. The second-order valence-corrected chi connectivity index (χ2v) is 3.08. The van der Waals surface area contributed by atoms with Gasteiger partial charge in [-0.25, -0.2) is 4.79 Å². The van der Waals surface area contributed by atoms with Crippen LogP contribution in [0.3, 0.4) is 0 Å². The van der Waals surface area contributed by atoms with E-state index >= 15 is 0 Å². The Morgan fingerprint density at radius 2 is 2.08 bits per heavy atom. The smallest absolute Gasteiger partial charge is 0.331 e. The summed E-state index contributed by atoms with van der Waals surface area (Å²) in [5, 5.41) is 8.52. The molecule has 0 radical (unpaired) electrons. The van der Waals surface area contributed by atoms with Gasteiger partial charge in [0.15, 0.2) is 0 Å². The lowest BCUT2D eigenvalue weighted by atomic mass is 10.2. The Morgan fingerprint density at radius 3 is 2.62 bits per heavy atom. The Bertz CT molecular complexity index is 202. The predicted molar refractivity (Wildman–Crippen MR) is 54.7 cm³/mol. The average Bonchev–Trinajstić information content (AvgIpc) is 2.10. The average molecular weight is 182 g/mol. The largest absolute Gasteiger partial charge is 0.478 e. The summed E-state index contributed by atoms with van der Waals surface area (Å²) in [6, 6.07) is 0. The first kappa shape index (κ1) is 11.9. The molecule has 0 heterocycles. The van der Waals surface area contributed by atoms with Gasteiger partial charge < -0.3 is 5.11 Å². The fourth-order valence-electron chi connectivity index (χ4n) is 0.892. The van der Waals surface area contributed by atoms with Crippen LogP contribution in [0.15, 0.2) is 23.8 Å². The van der Waals surface area contributed by atoms with Gasteiger partial charge in [0.05, 0.1) is 0 Å². The highest BCUT2D eigenvalue weighted by Gasteiger charge is 1.95. The summed E-state index contributed by atoms with van der Waals surface area (Å²) in [6.45, 7) is 3.76. The molecule has 0 atom stereocenters. The van der Waals surface area contributed by atoms with Crippen LogP contribution in [0.1, 0.15) is 39.5 Å². The minimum atomic E-state index is -0.849. The van der Waals surface area contributed by atoms with E-state index in [1.165, 1.54) is 19.3 Å². The first-order valence-electron chi connectivity index (χ1n) is 4.75. The molecule has 0 aliphatic carbocycles. The van der Waals surface area contributed by atoms with Crippen LogP contribution >= 0.6 is 0 Å². The van der Waals surface area contributed by atoms with Crippen molar-refractivity contribution in [2.45, 2.75) is 39.5 Å². The van der Waals surface area contributed by atoms with Crippen LogP contribution in [0.2, 0.25) is 0 Å². The van der Waals surface area contributed by atoms with Gasteiger partial charge in [-0.15, -0.1) is 0 Å². The normalized spacial score (nSPS) is 12.3. The molecule has 1 N–H and O–H groups in total. The molecule has 0 rings (SSSR count). The first-order valence-corrected chi connectivity index (χ1v) is 4.75. The highest BCUT2D eigenvalue weighted by atomic mass is 16.4. The van der Waals surface area contributed by atoms with E-state index in [1.807, 2.05) is 12.2 Å². The van der Waals surface area contributed by atoms with Gasteiger partial charge in [0, 0.05) is 5.57 Å². The number of hydrogen-bond acceptors (Lipinski definition) is 1. The molecule has 2 nitrogen and oxygen atoms in total. The van der Waals surface area contributed by atoms with E-state index in [-0.39, 0.29) is 0 Å². The fraction of sp³-hybridized carbons (Fsp3) is 0.545. The maximum absolute atomic E-state index is 10.4. The van der Waals surface area contributed by atoms with Crippen LogP contribution in [-0.4, -0.2) is 11.1 Å². The molecule has 0 aromatic carbocycles. The summed E-state index contributed by atoms with van der Waals surface area (Å²) in [6.07, 6.45) is 10.2. The lowest BCUT2D eigenvalue weighted by Crippen LogP contribution is -1.94. The van der Waals surface area contributed by atoms with E-state index in [2.05, 4.69) is 6.92 Å². The first-order chi connectivity index (χ1) is 6.18. The lowest BCUT2D eigenvalue weighted by Gasteiger charge is -1.91. The van der Waals surface area contributed by atoms with Crippen LogP contribution in [0.5, 0.6) is 0 Å². The molecule has 0 aliphatic heterocycles. The monoisotopic (exact) mass is 182 g/mol. The third-order valence-corrected chi connectivity index (χ3v) is 1.79. The van der Waals surface area contributed by atoms with Crippen molar-refractivity contribution < 1.29 is 9.90 Å². The number of rotatable bonds is 6. The van der Waals surface area contributed by atoms with Gasteiger partial charge in [-0.05, 0) is 19.8 Å². The highest BCUT2D eigenvalue weighted by molar-refractivity contribution is 5.86. The fourth-order valence-corrected chi connectivity index (χ4v) is 0.892. The maximum Gasteiger partial charge on any atom is 0.331 e. The van der Waals surface area contributed by atoms with Gasteiger partial charge in [0.2, 0.25) is 0 Å². The molecule has 0 fully saturated rings. The Kier molecular flexibility index (Phi) is 6.98. The molecule has 0 unspecified atom stereocenters. The Balaban J connectivity index is 3.62. The molecule has 0 aliphatic rings. The van der Waals surface area contributed by atoms with E-state index < -0.39 is 5.97 Å². The van der Waals surface area contributed by atoms with Crippen LogP contribution in [0.25, 0.3) is 0 Å². The zero-order valence-corrected chi connectivity index (χ0v) is 8.42.